The van der Waals surface area contributed by atoms with Crippen LogP contribution in [-0.4, -0.2) is 34.8 Å². The number of nitrogens with one attached hydrogen (secondary N) is 1. The van der Waals surface area contributed by atoms with Crippen LogP contribution in [0.2, 0.25) is 0 Å². The quantitative estimate of drug-likeness (QED) is 0.796. The fourth-order valence-corrected chi connectivity index (χ4v) is 4.11. The first-order valence-electron chi connectivity index (χ1n) is 6.72. The smallest absolute Gasteiger partial charge is 0.0771 e. The molecule has 94 valence electrons. The van der Waals surface area contributed by atoms with Crippen molar-refractivity contribution in [3.8, 4) is 0 Å². The summed E-state index contributed by atoms with van der Waals surface area (Å²) in [6, 6.07) is 0.633. The zero-order valence-corrected chi connectivity index (χ0v) is 11.2. The number of aliphatic hydroxyl groups is 1. The number of hydrogen-bond donors (Lipinski definition) is 2. The largest absolute Gasteiger partial charge is 0.389 e. The molecule has 0 spiro atoms. The van der Waals surface area contributed by atoms with Crippen LogP contribution in [-0.2, 0) is 0 Å². The Hall–Kier alpha value is 0.270. The monoisotopic (exact) mass is 243 g/mol. The van der Waals surface area contributed by atoms with Crippen LogP contribution in [0.1, 0.15) is 51.4 Å². The van der Waals surface area contributed by atoms with Gasteiger partial charge in [0.25, 0.3) is 0 Å². The standard InChI is InChI=1S/C13H25NOS/c1-16-12-7-3-2-6-11(12)14-10-13(15)8-4-5-9-13/h11-12,14-15H,2-10H2,1H3. The lowest BCUT2D eigenvalue weighted by atomic mass is 9.93. The van der Waals surface area contributed by atoms with Gasteiger partial charge in [-0.1, -0.05) is 25.7 Å². The molecular formula is C13H25NOS. The van der Waals surface area contributed by atoms with E-state index in [-0.39, 0.29) is 5.60 Å². The fraction of sp³-hybridized carbons (Fsp3) is 1.00. The predicted molar refractivity (Wildman–Crippen MR) is 71.0 cm³/mol. The molecule has 2 N–H and O–H groups in total. The molecule has 2 rings (SSSR count). The van der Waals surface area contributed by atoms with Gasteiger partial charge in [-0.25, -0.2) is 0 Å². The Bertz CT molecular complexity index is 216. The lowest BCUT2D eigenvalue weighted by Crippen LogP contribution is -2.47. The van der Waals surface area contributed by atoms with Crippen molar-refractivity contribution in [2.45, 2.75) is 68.3 Å². The van der Waals surface area contributed by atoms with Gasteiger partial charge >= 0.3 is 0 Å². The number of thioether (sulfide) groups is 1. The van der Waals surface area contributed by atoms with Gasteiger partial charge < -0.3 is 10.4 Å². The second kappa shape index (κ2) is 5.74. The van der Waals surface area contributed by atoms with Crippen molar-refractivity contribution in [2.24, 2.45) is 0 Å². The summed E-state index contributed by atoms with van der Waals surface area (Å²) in [5.41, 5.74) is -0.388. The molecule has 0 bridgehead atoms. The van der Waals surface area contributed by atoms with Gasteiger partial charge in [-0.3, -0.25) is 0 Å². The molecule has 3 heteroatoms. The third-order valence-electron chi connectivity index (χ3n) is 4.23. The van der Waals surface area contributed by atoms with Gasteiger partial charge in [0.1, 0.15) is 0 Å². The van der Waals surface area contributed by atoms with E-state index in [1.807, 2.05) is 11.8 Å². The highest BCUT2D eigenvalue weighted by molar-refractivity contribution is 7.99. The Morgan fingerprint density at radius 1 is 1.19 bits per heavy atom. The van der Waals surface area contributed by atoms with E-state index in [9.17, 15) is 5.11 Å². The van der Waals surface area contributed by atoms with Gasteiger partial charge in [-0.05, 0) is 31.9 Å². The maximum absolute atomic E-state index is 10.3. The third-order valence-corrected chi connectivity index (χ3v) is 5.40. The van der Waals surface area contributed by atoms with Crippen LogP contribution in [0.5, 0.6) is 0 Å². The Morgan fingerprint density at radius 2 is 1.88 bits per heavy atom. The highest BCUT2D eigenvalue weighted by Crippen LogP contribution is 2.31. The van der Waals surface area contributed by atoms with Gasteiger partial charge in [0.15, 0.2) is 0 Å². The van der Waals surface area contributed by atoms with Crippen LogP contribution in [0.3, 0.4) is 0 Å². The summed E-state index contributed by atoms with van der Waals surface area (Å²) in [6.07, 6.45) is 12.0. The second-order valence-corrected chi connectivity index (χ2v) is 6.55. The zero-order chi connectivity index (χ0) is 11.4. The lowest BCUT2D eigenvalue weighted by molar-refractivity contribution is 0.0437. The first kappa shape index (κ1) is 12.7. The molecule has 2 atom stereocenters. The summed E-state index contributed by atoms with van der Waals surface area (Å²) in [5.74, 6) is 0. The minimum atomic E-state index is -0.388. The fourth-order valence-electron chi connectivity index (χ4n) is 3.14. The van der Waals surface area contributed by atoms with Crippen molar-refractivity contribution >= 4 is 11.8 Å². The molecule has 16 heavy (non-hydrogen) atoms. The molecular weight excluding hydrogens is 218 g/mol. The molecule has 0 aromatic heterocycles. The van der Waals surface area contributed by atoms with Gasteiger partial charge in [0, 0.05) is 17.8 Å². The second-order valence-electron chi connectivity index (χ2n) is 5.48. The maximum Gasteiger partial charge on any atom is 0.0771 e. The molecule has 0 heterocycles. The zero-order valence-electron chi connectivity index (χ0n) is 10.4. The van der Waals surface area contributed by atoms with Crippen molar-refractivity contribution < 1.29 is 5.11 Å². The van der Waals surface area contributed by atoms with Crippen LogP contribution < -0.4 is 5.32 Å². The first-order valence-corrected chi connectivity index (χ1v) is 8.01. The van der Waals surface area contributed by atoms with Crippen LogP contribution in [0.4, 0.5) is 0 Å². The van der Waals surface area contributed by atoms with Gasteiger partial charge in [-0.15, -0.1) is 0 Å². The van der Waals surface area contributed by atoms with Crippen molar-refractivity contribution in [3.63, 3.8) is 0 Å². The summed E-state index contributed by atoms with van der Waals surface area (Å²) < 4.78 is 0. The topological polar surface area (TPSA) is 32.3 Å². The van der Waals surface area contributed by atoms with Crippen molar-refractivity contribution in [1.82, 2.24) is 5.32 Å². The number of hydrogen-bond acceptors (Lipinski definition) is 3. The normalized spacial score (nSPS) is 34.1. The van der Waals surface area contributed by atoms with Crippen LogP contribution >= 0.6 is 11.8 Å². The van der Waals surface area contributed by atoms with E-state index in [4.69, 9.17) is 0 Å². The van der Waals surface area contributed by atoms with E-state index < -0.39 is 0 Å². The van der Waals surface area contributed by atoms with Gasteiger partial charge in [0.05, 0.1) is 5.60 Å². The summed E-state index contributed by atoms with van der Waals surface area (Å²) in [5, 5.41) is 14.7. The third kappa shape index (κ3) is 3.14. The highest BCUT2D eigenvalue weighted by atomic mass is 32.2. The van der Waals surface area contributed by atoms with Crippen LogP contribution in [0.25, 0.3) is 0 Å². The van der Waals surface area contributed by atoms with E-state index in [0.717, 1.165) is 24.6 Å². The van der Waals surface area contributed by atoms with Crippen molar-refractivity contribution in [2.75, 3.05) is 12.8 Å². The maximum atomic E-state index is 10.3. The highest BCUT2D eigenvalue weighted by Gasteiger charge is 2.33. The molecule has 2 fully saturated rings. The Balaban J connectivity index is 1.79. The molecule has 2 unspecified atom stereocenters. The molecule has 2 aliphatic carbocycles. The molecule has 0 amide bonds. The van der Waals surface area contributed by atoms with E-state index in [1.165, 1.54) is 38.5 Å². The SMILES string of the molecule is CSC1CCCCC1NCC1(O)CCCC1. The van der Waals surface area contributed by atoms with Gasteiger partial charge in [0.2, 0.25) is 0 Å². The minimum absolute atomic E-state index is 0.388. The molecule has 0 radical (unpaired) electrons. The summed E-state index contributed by atoms with van der Waals surface area (Å²) in [6.45, 7) is 0.814. The first-order chi connectivity index (χ1) is 7.73. The predicted octanol–water partition coefficient (Wildman–Crippen LogP) is 2.56. The molecule has 0 aromatic rings. The van der Waals surface area contributed by atoms with Crippen LogP contribution in [0.15, 0.2) is 0 Å². The van der Waals surface area contributed by atoms with E-state index in [2.05, 4.69) is 11.6 Å². The van der Waals surface area contributed by atoms with Gasteiger partial charge in [-0.2, -0.15) is 11.8 Å². The Morgan fingerprint density at radius 3 is 2.56 bits per heavy atom. The summed E-state index contributed by atoms with van der Waals surface area (Å²) in [4.78, 5) is 0. The molecule has 0 aliphatic heterocycles. The van der Waals surface area contributed by atoms with E-state index >= 15 is 0 Å². The average molecular weight is 243 g/mol. The average Bonchev–Trinajstić information content (AvgIpc) is 2.74. The Kier molecular flexibility index (Phi) is 4.57. The summed E-state index contributed by atoms with van der Waals surface area (Å²) >= 11 is 1.99. The molecule has 2 aliphatic rings. The Labute approximate surface area is 104 Å². The molecule has 2 nitrogen and oxygen atoms in total. The molecule has 0 aromatic carbocycles. The van der Waals surface area contributed by atoms with E-state index in [1.54, 1.807) is 0 Å². The van der Waals surface area contributed by atoms with E-state index in [0.29, 0.717) is 6.04 Å². The van der Waals surface area contributed by atoms with Crippen LogP contribution in [0, 0.1) is 0 Å². The lowest BCUT2D eigenvalue weighted by Gasteiger charge is -2.34. The summed E-state index contributed by atoms with van der Waals surface area (Å²) in [7, 11) is 0. The minimum Gasteiger partial charge on any atom is -0.389 e. The van der Waals surface area contributed by atoms with Crippen molar-refractivity contribution in [1.29, 1.82) is 0 Å². The molecule has 2 saturated carbocycles. The molecule has 0 saturated heterocycles. The van der Waals surface area contributed by atoms with Crippen molar-refractivity contribution in [3.05, 3.63) is 0 Å². The number of rotatable bonds is 4.